The topological polar surface area (TPSA) is 17.1 Å². The van der Waals surface area contributed by atoms with E-state index in [2.05, 4.69) is 6.26 Å². The molecule has 1 fully saturated rings. The Morgan fingerprint density at radius 1 is 1.70 bits per heavy atom. The quantitative estimate of drug-likeness (QED) is 0.612. The van der Waals surface area contributed by atoms with Crippen molar-refractivity contribution in [2.45, 2.75) is 25.7 Å². The Morgan fingerprint density at radius 3 is 3.10 bits per heavy atom. The summed E-state index contributed by atoms with van der Waals surface area (Å²) in [6.07, 6.45) is 6.20. The van der Waals surface area contributed by atoms with Crippen molar-refractivity contribution in [3.8, 4) is 0 Å². The van der Waals surface area contributed by atoms with Crippen LogP contribution in [0, 0.1) is 5.92 Å². The molecule has 0 heterocycles. The molecule has 0 aliphatic heterocycles. The van der Waals surface area contributed by atoms with Crippen molar-refractivity contribution < 1.29 is 4.79 Å². The molecular formula is C8H14OS. The van der Waals surface area contributed by atoms with Crippen molar-refractivity contribution >= 4 is 17.5 Å². The predicted octanol–water partition coefficient (Wildman–Crippen LogP) is 2.11. The molecule has 1 aliphatic carbocycles. The van der Waals surface area contributed by atoms with Gasteiger partial charge in [-0.05, 0) is 30.8 Å². The van der Waals surface area contributed by atoms with Crippen LogP contribution < -0.4 is 0 Å². The van der Waals surface area contributed by atoms with Crippen molar-refractivity contribution in [3.63, 3.8) is 0 Å². The predicted molar refractivity (Wildman–Crippen MR) is 45.3 cm³/mol. The summed E-state index contributed by atoms with van der Waals surface area (Å²) < 4.78 is 0. The van der Waals surface area contributed by atoms with Gasteiger partial charge in [-0.2, -0.15) is 11.8 Å². The number of hydrogen-bond donors (Lipinski definition) is 0. The largest absolute Gasteiger partial charge is 0.300 e. The first-order valence-corrected chi connectivity index (χ1v) is 5.23. The molecule has 0 spiro atoms. The van der Waals surface area contributed by atoms with E-state index in [-0.39, 0.29) is 0 Å². The molecule has 0 aromatic carbocycles. The van der Waals surface area contributed by atoms with Gasteiger partial charge < -0.3 is 0 Å². The van der Waals surface area contributed by atoms with Gasteiger partial charge in [-0.25, -0.2) is 0 Å². The Labute approximate surface area is 66.6 Å². The highest BCUT2D eigenvalue weighted by molar-refractivity contribution is 7.98. The van der Waals surface area contributed by atoms with Crippen molar-refractivity contribution in [2.75, 3.05) is 12.0 Å². The van der Waals surface area contributed by atoms with E-state index in [1.165, 1.54) is 12.2 Å². The summed E-state index contributed by atoms with van der Waals surface area (Å²) in [5, 5.41) is 0. The second-order valence-electron chi connectivity index (χ2n) is 2.96. The van der Waals surface area contributed by atoms with Crippen LogP contribution in [-0.2, 0) is 4.79 Å². The summed E-state index contributed by atoms with van der Waals surface area (Å²) in [4.78, 5) is 10.9. The van der Waals surface area contributed by atoms with Gasteiger partial charge in [0.25, 0.3) is 0 Å². The lowest BCUT2D eigenvalue weighted by molar-refractivity contribution is -0.121. The minimum atomic E-state index is 0.477. The molecule has 1 nitrogen and oxygen atoms in total. The fourth-order valence-electron chi connectivity index (χ4n) is 1.49. The Morgan fingerprint density at radius 2 is 2.50 bits per heavy atom. The van der Waals surface area contributed by atoms with Gasteiger partial charge in [0, 0.05) is 12.8 Å². The lowest BCUT2D eigenvalue weighted by Gasteiger charge is -2.19. The van der Waals surface area contributed by atoms with E-state index < -0.39 is 0 Å². The zero-order valence-electron chi connectivity index (χ0n) is 6.43. The third-order valence-electron chi connectivity index (χ3n) is 1.99. The molecule has 1 saturated carbocycles. The maximum Gasteiger partial charge on any atom is 0.133 e. The third kappa shape index (κ3) is 2.33. The van der Waals surface area contributed by atoms with Gasteiger partial charge in [-0.1, -0.05) is 0 Å². The maximum atomic E-state index is 10.9. The Kier molecular flexibility index (Phi) is 3.26. The van der Waals surface area contributed by atoms with E-state index in [9.17, 15) is 4.79 Å². The average molecular weight is 158 g/mol. The maximum absolute atomic E-state index is 10.9. The molecule has 2 heteroatoms. The minimum Gasteiger partial charge on any atom is -0.300 e. The van der Waals surface area contributed by atoms with Gasteiger partial charge >= 0.3 is 0 Å². The summed E-state index contributed by atoms with van der Waals surface area (Å²) >= 11 is 1.86. The number of Topliss-reactive ketones (excluding diaryl/α,β-unsaturated/α-hetero) is 1. The number of carbonyl (C=O) groups is 1. The molecular weight excluding hydrogens is 144 g/mol. The SMILES string of the molecule is CSCC1CCCC(=O)C1. The zero-order chi connectivity index (χ0) is 7.40. The number of rotatable bonds is 2. The lowest BCUT2D eigenvalue weighted by Crippen LogP contribution is -2.16. The molecule has 1 rings (SSSR count). The molecule has 1 unspecified atom stereocenters. The zero-order valence-corrected chi connectivity index (χ0v) is 7.25. The van der Waals surface area contributed by atoms with E-state index in [1.807, 2.05) is 11.8 Å². The summed E-state index contributed by atoms with van der Waals surface area (Å²) in [6, 6.07) is 0. The first-order chi connectivity index (χ1) is 4.83. The van der Waals surface area contributed by atoms with Crippen LogP contribution >= 0.6 is 11.8 Å². The first-order valence-electron chi connectivity index (χ1n) is 3.83. The molecule has 0 saturated heterocycles. The van der Waals surface area contributed by atoms with Gasteiger partial charge in [0.1, 0.15) is 5.78 Å². The molecule has 0 aromatic heterocycles. The van der Waals surface area contributed by atoms with Crippen LogP contribution in [0.3, 0.4) is 0 Å². The Bertz CT molecular complexity index is 120. The van der Waals surface area contributed by atoms with Crippen molar-refractivity contribution in [3.05, 3.63) is 0 Å². The number of thioether (sulfide) groups is 1. The smallest absolute Gasteiger partial charge is 0.133 e. The number of carbonyl (C=O) groups excluding carboxylic acids is 1. The Hall–Kier alpha value is 0.0200. The molecule has 58 valence electrons. The standard InChI is InChI=1S/C8H14OS/c1-10-6-7-3-2-4-8(9)5-7/h7H,2-6H2,1H3. The van der Waals surface area contributed by atoms with E-state index >= 15 is 0 Å². The van der Waals surface area contributed by atoms with E-state index in [4.69, 9.17) is 0 Å². The summed E-state index contributed by atoms with van der Waals surface area (Å²) in [5.41, 5.74) is 0. The Balaban J connectivity index is 2.25. The summed E-state index contributed by atoms with van der Waals surface area (Å²) in [7, 11) is 0. The number of hydrogen-bond acceptors (Lipinski definition) is 2. The second kappa shape index (κ2) is 4.02. The molecule has 0 radical (unpaired) electrons. The molecule has 10 heavy (non-hydrogen) atoms. The van der Waals surface area contributed by atoms with Gasteiger partial charge in [0.2, 0.25) is 0 Å². The fourth-order valence-corrected chi connectivity index (χ4v) is 2.25. The average Bonchev–Trinajstić information content (AvgIpc) is 1.88. The van der Waals surface area contributed by atoms with Crippen molar-refractivity contribution in [1.82, 2.24) is 0 Å². The van der Waals surface area contributed by atoms with E-state index in [0.717, 1.165) is 19.3 Å². The van der Waals surface area contributed by atoms with Crippen LogP contribution in [0.2, 0.25) is 0 Å². The third-order valence-corrected chi connectivity index (χ3v) is 2.79. The molecule has 0 N–H and O–H groups in total. The van der Waals surface area contributed by atoms with Crippen molar-refractivity contribution in [2.24, 2.45) is 5.92 Å². The lowest BCUT2D eigenvalue weighted by atomic mass is 9.90. The molecule has 0 amide bonds. The van der Waals surface area contributed by atoms with Gasteiger partial charge in [0.05, 0.1) is 0 Å². The van der Waals surface area contributed by atoms with Gasteiger partial charge in [-0.3, -0.25) is 4.79 Å². The van der Waals surface area contributed by atoms with Gasteiger partial charge in [0.15, 0.2) is 0 Å². The highest BCUT2D eigenvalue weighted by atomic mass is 32.2. The fraction of sp³-hybridized carbons (Fsp3) is 0.875. The molecule has 1 atom stereocenters. The van der Waals surface area contributed by atoms with Crippen LogP contribution in [0.5, 0.6) is 0 Å². The normalized spacial score (nSPS) is 26.9. The summed E-state index contributed by atoms with van der Waals surface area (Å²) in [5.74, 6) is 2.34. The molecule has 0 bridgehead atoms. The van der Waals surface area contributed by atoms with Crippen molar-refractivity contribution in [1.29, 1.82) is 0 Å². The molecule has 0 aromatic rings. The number of ketones is 1. The van der Waals surface area contributed by atoms with Crippen LogP contribution in [-0.4, -0.2) is 17.8 Å². The van der Waals surface area contributed by atoms with Crippen LogP contribution in [0.4, 0.5) is 0 Å². The highest BCUT2D eigenvalue weighted by Crippen LogP contribution is 2.23. The van der Waals surface area contributed by atoms with Crippen LogP contribution in [0.25, 0.3) is 0 Å². The van der Waals surface area contributed by atoms with E-state index in [0.29, 0.717) is 11.7 Å². The highest BCUT2D eigenvalue weighted by Gasteiger charge is 2.18. The van der Waals surface area contributed by atoms with Crippen LogP contribution in [0.1, 0.15) is 25.7 Å². The van der Waals surface area contributed by atoms with Crippen LogP contribution in [0.15, 0.2) is 0 Å². The monoisotopic (exact) mass is 158 g/mol. The first kappa shape index (κ1) is 8.12. The molecule has 1 aliphatic rings. The summed E-state index contributed by atoms with van der Waals surface area (Å²) in [6.45, 7) is 0. The second-order valence-corrected chi connectivity index (χ2v) is 3.87. The minimum absolute atomic E-state index is 0.477. The van der Waals surface area contributed by atoms with Gasteiger partial charge in [-0.15, -0.1) is 0 Å². The van der Waals surface area contributed by atoms with E-state index in [1.54, 1.807) is 0 Å².